The molecule has 0 atom stereocenters. The lowest BCUT2D eigenvalue weighted by atomic mass is 10.2. The summed E-state index contributed by atoms with van der Waals surface area (Å²) in [5.74, 6) is -0.536. The minimum atomic E-state index is -0.360. The molecule has 2 amide bonds. The summed E-state index contributed by atoms with van der Waals surface area (Å²) >= 11 is 3.43. The highest BCUT2D eigenvalue weighted by molar-refractivity contribution is 9.10. The van der Waals surface area contributed by atoms with Gasteiger partial charge in [-0.15, -0.1) is 0 Å². The first-order chi connectivity index (χ1) is 13.0. The zero-order valence-electron chi connectivity index (χ0n) is 14.8. The summed E-state index contributed by atoms with van der Waals surface area (Å²) in [6.07, 6.45) is 0. The van der Waals surface area contributed by atoms with Crippen molar-refractivity contribution in [2.45, 2.75) is 0 Å². The largest absolute Gasteiger partial charge is 0.351 e. The molecular formula is C20H21BrFN3O2. The molecule has 3 rings (SSSR count). The van der Waals surface area contributed by atoms with Crippen LogP contribution in [0.25, 0.3) is 0 Å². The van der Waals surface area contributed by atoms with Gasteiger partial charge in [-0.05, 0) is 52.3 Å². The molecule has 1 aliphatic rings. The van der Waals surface area contributed by atoms with Gasteiger partial charge in [0, 0.05) is 49.3 Å². The molecule has 0 saturated carbocycles. The molecule has 1 aliphatic heterocycles. The van der Waals surface area contributed by atoms with E-state index in [1.807, 2.05) is 29.2 Å². The van der Waals surface area contributed by atoms with Crippen LogP contribution < -0.4 is 5.32 Å². The minimum absolute atomic E-state index is 0.0340. The molecule has 1 fully saturated rings. The van der Waals surface area contributed by atoms with E-state index in [4.69, 9.17) is 0 Å². The average Bonchev–Trinajstić information content (AvgIpc) is 2.69. The molecule has 2 aromatic carbocycles. The number of amides is 2. The summed E-state index contributed by atoms with van der Waals surface area (Å²) in [7, 11) is 0. The Hall–Kier alpha value is -2.25. The van der Waals surface area contributed by atoms with Crippen LogP contribution in [-0.4, -0.2) is 60.9 Å². The smallest absolute Gasteiger partial charge is 0.255 e. The Morgan fingerprint density at radius 3 is 2.33 bits per heavy atom. The topological polar surface area (TPSA) is 52.7 Å². The van der Waals surface area contributed by atoms with Crippen molar-refractivity contribution >= 4 is 27.7 Å². The molecule has 1 saturated heterocycles. The van der Waals surface area contributed by atoms with Crippen molar-refractivity contribution in [1.29, 1.82) is 0 Å². The molecule has 1 heterocycles. The molecule has 5 nitrogen and oxygen atoms in total. The first-order valence-corrected chi connectivity index (χ1v) is 9.64. The van der Waals surface area contributed by atoms with Gasteiger partial charge in [-0.1, -0.05) is 12.1 Å². The molecular weight excluding hydrogens is 413 g/mol. The van der Waals surface area contributed by atoms with Crippen molar-refractivity contribution in [3.8, 4) is 0 Å². The number of carbonyl (C=O) groups excluding carboxylic acids is 2. The van der Waals surface area contributed by atoms with Crippen molar-refractivity contribution in [2.24, 2.45) is 0 Å². The highest BCUT2D eigenvalue weighted by Gasteiger charge is 2.23. The molecule has 0 aliphatic carbocycles. The zero-order chi connectivity index (χ0) is 19.2. The van der Waals surface area contributed by atoms with E-state index in [9.17, 15) is 14.0 Å². The molecule has 27 heavy (non-hydrogen) atoms. The lowest BCUT2D eigenvalue weighted by molar-refractivity contribution is 0.0637. The number of rotatable bonds is 5. The van der Waals surface area contributed by atoms with Gasteiger partial charge in [-0.25, -0.2) is 4.39 Å². The second-order valence-corrected chi connectivity index (χ2v) is 7.23. The van der Waals surface area contributed by atoms with Gasteiger partial charge < -0.3 is 10.2 Å². The minimum Gasteiger partial charge on any atom is -0.351 e. The summed E-state index contributed by atoms with van der Waals surface area (Å²) in [5.41, 5.74) is 1.12. The maximum atomic E-state index is 12.9. The number of piperazine rings is 1. The van der Waals surface area contributed by atoms with Crippen molar-refractivity contribution in [3.05, 3.63) is 69.9 Å². The van der Waals surface area contributed by atoms with Gasteiger partial charge in [0.15, 0.2) is 0 Å². The Kier molecular flexibility index (Phi) is 6.58. The quantitative estimate of drug-likeness (QED) is 0.788. The third kappa shape index (κ3) is 5.14. The number of halogens is 2. The van der Waals surface area contributed by atoms with E-state index in [0.29, 0.717) is 37.3 Å². The maximum Gasteiger partial charge on any atom is 0.255 e. The third-order valence-electron chi connectivity index (χ3n) is 4.58. The summed E-state index contributed by atoms with van der Waals surface area (Å²) < 4.78 is 13.7. The van der Waals surface area contributed by atoms with Crippen LogP contribution in [0.1, 0.15) is 20.7 Å². The van der Waals surface area contributed by atoms with E-state index in [0.717, 1.165) is 17.6 Å². The fourth-order valence-electron chi connectivity index (χ4n) is 3.01. The van der Waals surface area contributed by atoms with E-state index in [-0.39, 0.29) is 17.6 Å². The summed E-state index contributed by atoms with van der Waals surface area (Å²) in [5, 5.41) is 2.84. The summed E-state index contributed by atoms with van der Waals surface area (Å²) in [4.78, 5) is 28.7. The van der Waals surface area contributed by atoms with Gasteiger partial charge >= 0.3 is 0 Å². The molecule has 0 aromatic heterocycles. The van der Waals surface area contributed by atoms with Crippen LogP contribution in [0.2, 0.25) is 0 Å². The SMILES string of the molecule is O=C(NCCN1CCN(C(=O)c2ccccc2Br)CC1)c1ccc(F)cc1. The number of nitrogens with one attached hydrogen (secondary N) is 1. The van der Waals surface area contributed by atoms with Crippen LogP contribution in [0.15, 0.2) is 53.0 Å². The molecule has 1 N–H and O–H groups in total. The highest BCUT2D eigenvalue weighted by Crippen LogP contribution is 2.18. The van der Waals surface area contributed by atoms with Gasteiger partial charge in [-0.2, -0.15) is 0 Å². The molecule has 7 heteroatoms. The molecule has 0 radical (unpaired) electrons. The van der Waals surface area contributed by atoms with E-state index >= 15 is 0 Å². The van der Waals surface area contributed by atoms with Crippen molar-refractivity contribution in [3.63, 3.8) is 0 Å². The number of hydrogen-bond acceptors (Lipinski definition) is 3. The Balaban J connectivity index is 1.42. The summed E-state index contributed by atoms with van der Waals surface area (Å²) in [6, 6.07) is 12.9. The predicted octanol–water partition coefficient (Wildman–Crippen LogP) is 2.78. The zero-order valence-corrected chi connectivity index (χ0v) is 16.4. The summed E-state index contributed by atoms with van der Waals surface area (Å²) in [6.45, 7) is 4.07. The number of hydrogen-bond donors (Lipinski definition) is 1. The first-order valence-electron chi connectivity index (χ1n) is 8.84. The van der Waals surface area contributed by atoms with Crippen LogP contribution in [-0.2, 0) is 0 Å². The van der Waals surface area contributed by atoms with E-state index in [1.165, 1.54) is 24.3 Å². The second-order valence-electron chi connectivity index (χ2n) is 6.38. The predicted molar refractivity (Wildman–Crippen MR) is 105 cm³/mol. The molecule has 2 aromatic rings. The van der Waals surface area contributed by atoms with Crippen LogP contribution in [0, 0.1) is 5.82 Å². The van der Waals surface area contributed by atoms with E-state index in [1.54, 1.807) is 0 Å². The lowest BCUT2D eigenvalue weighted by Gasteiger charge is -2.34. The van der Waals surface area contributed by atoms with Crippen LogP contribution >= 0.6 is 15.9 Å². The van der Waals surface area contributed by atoms with Crippen LogP contribution in [0.4, 0.5) is 4.39 Å². The number of benzene rings is 2. The van der Waals surface area contributed by atoms with E-state index in [2.05, 4.69) is 26.1 Å². The Morgan fingerprint density at radius 1 is 1.00 bits per heavy atom. The van der Waals surface area contributed by atoms with E-state index < -0.39 is 0 Å². The van der Waals surface area contributed by atoms with Gasteiger partial charge in [0.05, 0.1) is 5.56 Å². The Morgan fingerprint density at radius 2 is 1.67 bits per heavy atom. The van der Waals surface area contributed by atoms with Gasteiger partial charge in [0.2, 0.25) is 0 Å². The fraction of sp³-hybridized carbons (Fsp3) is 0.300. The highest BCUT2D eigenvalue weighted by atomic mass is 79.9. The molecule has 142 valence electrons. The van der Waals surface area contributed by atoms with Gasteiger partial charge in [0.1, 0.15) is 5.82 Å². The Bertz CT molecular complexity index is 805. The maximum absolute atomic E-state index is 12.9. The standard InChI is InChI=1S/C20H21BrFN3O2/c21-18-4-2-1-3-17(18)20(27)25-13-11-24(12-14-25)10-9-23-19(26)15-5-7-16(22)8-6-15/h1-8H,9-14H2,(H,23,26). The molecule has 0 unspecified atom stereocenters. The van der Waals surface area contributed by atoms with Crippen molar-refractivity contribution in [2.75, 3.05) is 39.3 Å². The lowest BCUT2D eigenvalue weighted by Crippen LogP contribution is -2.50. The normalized spacial score (nSPS) is 14.8. The number of nitrogens with zero attached hydrogens (tertiary/aromatic N) is 2. The van der Waals surface area contributed by atoms with Gasteiger partial charge in [0.25, 0.3) is 11.8 Å². The van der Waals surface area contributed by atoms with Crippen LogP contribution in [0.3, 0.4) is 0 Å². The molecule has 0 spiro atoms. The van der Waals surface area contributed by atoms with Gasteiger partial charge in [-0.3, -0.25) is 14.5 Å². The Labute approximate surface area is 166 Å². The third-order valence-corrected chi connectivity index (χ3v) is 5.28. The first kappa shape index (κ1) is 19.5. The molecule has 0 bridgehead atoms. The average molecular weight is 434 g/mol. The van der Waals surface area contributed by atoms with Crippen LogP contribution in [0.5, 0.6) is 0 Å². The fourth-order valence-corrected chi connectivity index (χ4v) is 3.46. The monoisotopic (exact) mass is 433 g/mol. The van der Waals surface area contributed by atoms with Crippen molar-refractivity contribution < 1.29 is 14.0 Å². The number of carbonyl (C=O) groups is 2. The second kappa shape index (κ2) is 9.10. The van der Waals surface area contributed by atoms with Crippen molar-refractivity contribution in [1.82, 2.24) is 15.1 Å².